The number of nitrogens with zero attached hydrogens (tertiary/aromatic N) is 2. The topological polar surface area (TPSA) is 69.9 Å². The van der Waals surface area contributed by atoms with Crippen LogP contribution in [0.15, 0.2) is 93.9 Å². The summed E-state index contributed by atoms with van der Waals surface area (Å²) in [5.74, 6) is 0.110. The number of fused-ring (bicyclic) bond motifs is 1. The summed E-state index contributed by atoms with van der Waals surface area (Å²) in [4.78, 5) is 32.0. The zero-order valence-electron chi connectivity index (χ0n) is 21.2. The number of hydrogen-bond acceptors (Lipinski definition) is 6. The number of allylic oxidation sites excluding steroid dienone is 1. The second-order valence-corrected chi connectivity index (χ2v) is 10.6. The molecule has 0 radical (unpaired) electrons. The Morgan fingerprint density at radius 1 is 1.08 bits per heavy atom. The van der Waals surface area contributed by atoms with E-state index < -0.39 is 12.0 Å². The van der Waals surface area contributed by atoms with Gasteiger partial charge in [-0.05, 0) is 43.7 Å². The van der Waals surface area contributed by atoms with Crippen molar-refractivity contribution in [2.24, 2.45) is 4.99 Å². The van der Waals surface area contributed by atoms with E-state index in [1.807, 2.05) is 60.7 Å². The number of ether oxygens (including phenoxy) is 2. The van der Waals surface area contributed by atoms with E-state index >= 15 is 0 Å². The van der Waals surface area contributed by atoms with Gasteiger partial charge < -0.3 is 9.47 Å². The Labute approximate surface area is 239 Å². The van der Waals surface area contributed by atoms with Crippen LogP contribution in [0.5, 0.6) is 5.75 Å². The predicted octanol–water partition coefficient (Wildman–Crippen LogP) is 5.68. The molecule has 6 nitrogen and oxygen atoms in total. The third-order valence-electron chi connectivity index (χ3n) is 6.24. The zero-order chi connectivity index (χ0) is 27.5. The lowest BCUT2D eigenvalue weighted by Gasteiger charge is -2.24. The first-order chi connectivity index (χ1) is 18.9. The lowest BCUT2D eigenvalue weighted by molar-refractivity contribution is -0.139. The fourth-order valence-corrected chi connectivity index (χ4v) is 5.91. The van der Waals surface area contributed by atoms with E-state index in [2.05, 4.69) is 4.99 Å². The molecule has 2 heterocycles. The van der Waals surface area contributed by atoms with Crippen LogP contribution in [0.25, 0.3) is 6.08 Å². The van der Waals surface area contributed by atoms with Crippen LogP contribution in [0.4, 0.5) is 0 Å². The van der Waals surface area contributed by atoms with Gasteiger partial charge in [0, 0.05) is 21.2 Å². The molecule has 0 aliphatic carbocycles. The van der Waals surface area contributed by atoms with Gasteiger partial charge in [0.25, 0.3) is 5.56 Å². The first-order valence-corrected chi connectivity index (χ1v) is 13.8. The van der Waals surface area contributed by atoms with Gasteiger partial charge in [0.05, 0.1) is 28.5 Å². The van der Waals surface area contributed by atoms with Gasteiger partial charge in [0.2, 0.25) is 0 Å². The second kappa shape index (κ2) is 11.6. The standard InChI is InChI=1S/C30H24Cl2N2O4S/c1-3-37-29(36)26-18(2)33-30-34(27(26)19-9-5-4-6-10-19)28(35)25(39-30)15-20-11-7-8-12-24(20)38-17-21-13-14-22(31)16-23(21)32/h4-16,27H,3,17H2,1-2H3/b25-15-/t27-/m0/s1. The number of esters is 1. The average molecular weight is 580 g/mol. The number of carbonyl (C=O) groups is 1. The number of aromatic nitrogens is 1. The highest BCUT2D eigenvalue weighted by Gasteiger charge is 2.33. The molecule has 0 saturated carbocycles. The SMILES string of the molecule is CCOC(=O)C1=C(C)N=c2s/c(=C\c3ccccc3OCc3ccc(Cl)cc3Cl)c(=O)n2[C@H]1c1ccccc1. The molecule has 0 saturated heterocycles. The third kappa shape index (κ3) is 5.57. The van der Waals surface area contributed by atoms with E-state index in [0.29, 0.717) is 36.4 Å². The molecule has 1 aromatic heterocycles. The molecule has 3 aromatic carbocycles. The summed E-state index contributed by atoms with van der Waals surface area (Å²) in [6, 6.07) is 21.5. The molecular weight excluding hydrogens is 555 g/mol. The number of para-hydroxylation sites is 1. The van der Waals surface area contributed by atoms with E-state index in [1.54, 1.807) is 36.6 Å². The summed E-state index contributed by atoms with van der Waals surface area (Å²) in [5, 5.41) is 1.07. The van der Waals surface area contributed by atoms with Gasteiger partial charge in [-0.15, -0.1) is 0 Å². The maximum absolute atomic E-state index is 13.8. The monoisotopic (exact) mass is 578 g/mol. The molecule has 9 heteroatoms. The van der Waals surface area contributed by atoms with Crippen molar-refractivity contribution >= 4 is 46.6 Å². The smallest absolute Gasteiger partial charge is 0.338 e. The summed E-state index contributed by atoms with van der Waals surface area (Å²) in [6.07, 6.45) is 1.79. The first kappa shape index (κ1) is 26.9. The minimum absolute atomic E-state index is 0.222. The van der Waals surface area contributed by atoms with E-state index in [-0.39, 0.29) is 18.8 Å². The zero-order valence-corrected chi connectivity index (χ0v) is 23.5. The third-order valence-corrected chi connectivity index (χ3v) is 7.81. The molecule has 198 valence electrons. The predicted molar refractivity (Wildman–Crippen MR) is 154 cm³/mol. The number of hydrogen-bond donors (Lipinski definition) is 0. The highest BCUT2D eigenvalue weighted by atomic mass is 35.5. The quantitative estimate of drug-likeness (QED) is 0.264. The van der Waals surface area contributed by atoms with Crippen molar-refractivity contribution in [2.75, 3.05) is 6.61 Å². The second-order valence-electron chi connectivity index (χ2n) is 8.78. The van der Waals surface area contributed by atoms with Gasteiger partial charge in [0.1, 0.15) is 12.4 Å². The fourth-order valence-electron chi connectivity index (χ4n) is 4.41. The Morgan fingerprint density at radius 2 is 1.82 bits per heavy atom. The van der Waals surface area contributed by atoms with Crippen molar-refractivity contribution in [3.8, 4) is 5.75 Å². The van der Waals surface area contributed by atoms with Crippen molar-refractivity contribution in [2.45, 2.75) is 26.5 Å². The molecule has 0 unspecified atom stereocenters. The van der Waals surface area contributed by atoms with Crippen LogP contribution in [0.3, 0.4) is 0 Å². The van der Waals surface area contributed by atoms with Crippen molar-refractivity contribution in [1.29, 1.82) is 0 Å². The summed E-state index contributed by atoms with van der Waals surface area (Å²) < 4.78 is 13.5. The van der Waals surface area contributed by atoms with Gasteiger partial charge in [-0.25, -0.2) is 9.79 Å². The van der Waals surface area contributed by atoms with E-state index in [1.165, 1.54) is 11.3 Å². The van der Waals surface area contributed by atoms with E-state index in [9.17, 15) is 9.59 Å². The highest BCUT2D eigenvalue weighted by Crippen LogP contribution is 2.30. The normalized spacial score (nSPS) is 15.1. The number of thiazole rings is 1. The molecular formula is C30H24Cl2N2O4S. The molecule has 0 amide bonds. The minimum atomic E-state index is -0.651. The number of rotatable bonds is 7. The average Bonchev–Trinajstić information content (AvgIpc) is 3.22. The molecule has 39 heavy (non-hydrogen) atoms. The Kier molecular flexibility index (Phi) is 8.02. The number of carbonyl (C=O) groups excluding carboxylic acids is 1. The van der Waals surface area contributed by atoms with Crippen molar-refractivity contribution in [3.05, 3.63) is 130 Å². The molecule has 0 bridgehead atoms. The van der Waals surface area contributed by atoms with Crippen LogP contribution >= 0.6 is 34.5 Å². The highest BCUT2D eigenvalue weighted by molar-refractivity contribution is 7.07. The molecule has 4 aromatic rings. The summed E-state index contributed by atoms with van der Waals surface area (Å²) in [5.41, 5.74) is 2.94. The fraction of sp³-hybridized carbons (Fsp3) is 0.167. The number of halogens is 2. The van der Waals surface area contributed by atoms with Crippen LogP contribution in [0.1, 0.15) is 36.6 Å². The molecule has 1 aliphatic rings. The van der Waals surface area contributed by atoms with Crippen LogP contribution < -0.4 is 19.6 Å². The Bertz CT molecular complexity index is 1760. The summed E-state index contributed by atoms with van der Waals surface area (Å²) >= 11 is 13.6. The maximum atomic E-state index is 13.8. The first-order valence-electron chi connectivity index (χ1n) is 12.3. The van der Waals surface area contributed by atoms with Crippen LogP contribution in [0.2, 0.25) is 10.0 Å². The number of benzene rings is 3. The lowest BCUT2D eigenvalue weighted by atomic mass is 9.96. The van der Waals surface area contributed by atoms with Crippen LogP contribution in [-0.2, 0) is 16.1 Å². The van der Waals surface area contributed by atoms with E-state index in [0.717, 1.165) is 16.7 Å². The van der Waals surface area contributed by atoms with Gasteiger partial charge in [-0.2, -0.15) is 0 Å². The summed E-state index contributed by atoms with van der Waals surface area (Å²) in [6.45, 7) is 3.98. The van der Waals surface area contributed by atoms with Gasteiger partial charge >= 0.3 is 5.97 Å². The molecule has 0 fully saturated rings. The lowest BCUT2D eigenvalue weighted by Crippen LogP contribution is -2.39. The van der Waals surface area contributed by atoms with Crippen molar-refractivity contribution in [1.82, 2.24) is 4.57 Å². The summed E-state index contributed by atoms with van der Waals surface area (Å²) in [7, 11) is 0. The molecule has 5 rings (SSSR count). The minimum Gasteiger partial charge on any atom is -0.488 e. The van der Waals surface area contributed by atoms with Gasteiger partial charge in [-0.3, -0.25) is 9.36 Å². The van der Waals surface area contributed by atoms with Gasteiger partial charge in [-0.1, -0.05) is 89.1 Å². The van der Waals surface area contributed by atoms with Crippen molar-refractivity contribution in [3.63, 3.8) is 0 Å². The molecule has 0 N–H and O–H groups in total. The van der Waals surface area contributed by atoms with Gasteiger partial charge in [0.15, 0.2) is 4.80 Å². The van der Waals surface area contributed by atoms with Crippen LogP contribution in [-0.4, -0.2) is 17.1 Å². The van der Waals surface area contributed by atoms with Crippen LogP contribution in [0, 0.1) is 0 Å². The van der Waals surface area contributed by atoms with E-state index in [4.69, 9.17) is 32.7 Å². The molecule has 0 spiro atoms. The largest absolute Gasteiger partial charge is 0.488 e. The Balaban J connectivity index is 1.58. The molecule has 1 atom stereocenters. The Morgan fingerprint density at radius 3 is 2.56 bits per heavy atom. The maximum Gasteiger partial charge on any atom is 0.338 e. The van der Waals surface area contributed by atoms with Crippen molar-refractivity contribution < 1.29 is 14.3 Å². The Hall–Kier alpha value is -3.65. The molecule has 1 aliphatic heterocycles.